The number of allylic oxidation sites excluding steroid dienone is 1. The van der Waals surface area contributed by atoms with E-state index in [1.165, 1.54) is 11.8 Å². The monoisotopic (exact) mass is 813 g/mol. The number of ether oxygens (including phenoxy) is 2. The molecule has 17 heteroatoms. The number of carbonyl (C=O) groups is 4. The molecule has 0 radical (unpaired) electrons. The van der Waals surface area contributed by atoms with Gasteiger partial charge in [0.2, 0.25) is 27.4 Å². The van der Waals surface area contributed by atoms with Crippen molar-refractivity contribution in [2.24, 2.45) is 5.92 Å². The molecule has 1 saturated heterocycles. The summed E-state index contributed by atoms with van der Waals surface area (Å²) in [5.74, 6) is 2.60. The molecule has 1 spiro atoms. The van der Waals surface area contributed by atoms with E-state index >= 15 is 0 Å². The molecule has 2 aliphatic carbocycles. The Morgan fingerprint density at radius 3 is 2.53 bits per heavy atom. The van der Waals surface area contributed by atoms with Gasteiger partial charge in [-0.15, -0.1) is 0 Å². The summed E-state index contributed by atoms with van der Waals surface area (Å²) in [7, 11) is -4.14. The predicted molar refractivity (Wildman–Crippen MR) is 201 cm³/mol. The number of nitrogens with one attached hydrogen (secondary N) is 3. The Labute approximate surface area is 328 Å². The number of alkyl halides is 3. The first-order valence-electron chi connectivity index (χ1n) is 19.2. The van der Waals surface area contributed by atoms with E-state index in [-0.39, 0.29) is 19.4 Å². The largest absolute Gasteiger partial charge is 0.483 e. The summed E-state index contributed by atoms with van der Waals surface area (Å²) in [5.41, 5.74) is -3.73. The van der Waals surface area contributed by atoms with Gasteiger partial charge in [0.05, 0.1) is 28.4 Å². The minimum Gasteiger partial charge on any atom is -0.483 e. The Bertz CT molecular complexity index is 2230. The van der Waals surface area contributed by atoms with E-state index in [0.29, 0.717) is 76.7 Å². The summed E-state index contributed by atoms with van der Waals surface area (Å²) in [4.78, 5) is 62.3. The third kappa shape index (κ3) is 7.41. The Kier molecular flexibility index (Phi) is 10.1. The number of aromatic nitrogens is 1. The molecule has 1 saturated carbocycles. The predicted octanol–water partition coefficient (Wildman–Crippen LogP) is 4.65. The lowest BCUT2D eigenvalue weighted by molar-refractivity contribution is -0.244. The molecular weight excluding hydrogens is 768 g/mol. The summed E-state index contributed by atoms with van der Waals surface area (Å²) in [6.45, 7) is 4.55. The molecule has 5 atom stereocenters. The lowest BCUT2D eigenvalue weighted by Crippen LogP contribution is -2.68. The zero-order valence-electron chi connectivity index (χ0n) is 32.2. The van der Waals surface area contributed by atoms with E-state index in [1.54, 1.807) is 19.1 Å². The number of benzene rings is 1. The zero-order valence-corrected chi connectivity index (χ0v) is 33.0. The summed E-state index contributed by atoms with van der Waals surface area (Å²) < 4.78 is 80.1. The quantitative estimate of drug-likeness (QED) is 0.287. The van der Waals surface area contributed by atoms with E-state index in [4.69, 9.17) is 14.5 Å². The van der Waals surface area contributed by atoms with Crippen LogP contribution in [0.3, 0.4) is 0 Å². The molecule has 2 aromatic rings. The molecule has 0 bridgehead atoms. The number of rotatable bonds is 5. The fourth-order valence-corrected chi connectivity index (χ4v) is 9.20. The van der Waals surface area contributed by atoms with Crippen LogP contribution in [-0.4, -0.2) is 88.4 Å². The third-order valence-corrected chi connectivity index (χ3v) is 14.1. The molecule has 13 nitrogen and oxygen atoms in total. The third-order valence-electron chi connectivity index (χ3n) is 12.0. The van der Waals surface area contributed by atoms with Crippen molar-refractivity contribution in [1.29, 1.82) is 0 Å². The van der Waals surface area contributed by atoms with Crippen molar-refractivity contribution < 1.29 is 50.2 Å². The Morgan fingerprint density at radius 1 is 1.11 bits per heavy atom. The van der Waals surface area contributed by atoms with E-state index in [2.05, 4.69) is 27.2 Å². The van der Waals surface area contributed by atoms with Gasteiger partial charge in [-0.2, -0.15) is 13.2 Å². The number of hydrogen-bond acceptors (Lipinski definition) is 9. The minimum atomic E-state index is -4.90. The van der Waals surface area contributed by atoms with Crippen LogP contribution in [0.25, 0.3) is 10.9 Å². The molecule has 2 fully saturated rings. The van der Waals surface area contributed by atoms with Gasteiger partial charge >= 0.3 is 12.3 Å². The van der Waals surface area contributed by atoms with Crippen molar-refractivity contribution in [2.75, 3.05) is 6.54 Å². The van der Waals surface area contributed by atoms with Gasteiger partial charge in [-0.05, 0) is 78.7 Å². The van der Waals surface area contributed by atoms with Crippen LogP contribution in [0, 0.1) is 24.7 Å². The number of fused-ring (bicyclic) bond motifs is 5. The van der Waals surface area contributed by atoms with Gasteiger partial charge < -0.3 is 25.0 Å². The van der Waals surface area contributed by atoms with Crippen LogP contribution in [-0.2, 0) is 35.6 Å². The number of halogens is 3. The number of hydrogen-bond donors (Lipinski definition) is 3. The normalized spacial score (nSPS) is 29.0. The van der Waals surface area contributed by atoms with Crippen LogP contribution in [0.4, 0.5) is 18.0 Å². The number of para-hydroxylation sites is 1. The topological polar surface area (TPSA) is 173 Å². The van der Waals surface area contributed by atoms with Crippen molar-refractivity contribution in [3.05, 3.63) is 47.7 Å². The first-order valence-corrected chi connectivity index (χ1v) is 20.7. The number of carbonyl (C=O) groups excluding carboxylic acids is 4. The Balaban J connectivity index is 1.25. The average molecular weight is 814 g/mol. The lowest BCUT2D eigenvalue weighted by atomic mass is 9.75. The van der Waals surface area contributed by atoms with Crippen LogP contribution < -0.4 is 20.1 Å². The minimum absolute atomic E-state index is 0.0232. The van der Waals surface area contributed by atoms with Gasteiger partial charge in [0.15, 0.2) is 5.54 Å². The van der Waals surface area contributed by atoms with Crippen molar-refractivity contribution in [3.63, 3.8) is 0 Å². The molecule has 0 unspecified atom stereocenters. The molecule has 4 amide bonds. The summed E-state index contributed by atoms with van der Waals surface area (Å²) in [6.07, 6.45) is 0.649. The van der Waals surface area contributed by atoms with Crippen molar-refractivity contribution in [2.45, 2.75) is 132 Å². The van der Waals surface area contributed by atoms with E-state index in [9.17, 15) is 40.8 Å². The van der Waals surface area contributed by atoms with Gasteiger partial charge in [0, 0.05) is 17.4 Å². The fraction of sp³-hybridized carbons (Fsp3) is 0.575. The van der Waals surface area contributed by atoms with Crippen molar-refractivity contribution in [1.82, 2.24) is 25.2 Å². The van der Waals surface area contributed by atoms with Gasteiger partial charge in [-0.3, -0.25) is 14.4 Å². The van der Waals surface area contributed by atoms with E-state index in [1.807, 2.05) is 24.3 Å². The molecular formula is C40H46F3N5O8S. The molecule has 1 aromatic carbocycles. The number of pyridine rings is 1. The highest BCUT2D eigenvalue weighted by Gasteiger charge is 2.59. The molecule has 57 heavy (non-hydrogen) atoms. The van der Waals surface area contributed by atoms with Gasteiger partial charge in [0.25, 0.3) is 5.91 Å². The average Bonchev–Trinajstić information content (AvgIpc) is 3.79. The van der Waals surface area contributed by atoms with E-state index < -0.39 is 79.5 Å². The maximum absolute atomic E-state index is 14.7. The maximum Gasteiger partial charge on any atom is 0.427 e. The summed E-state index contributed by atoms with van der Waals surface area (Å²) >= 11 is 0. The Morgan fingerprint density at radius 2 is 1.84 bits per heavy atom. The van der Waals surface area contributed by atoms with Gasteiger partial charge in [-0.1, -0.05) is 55.0 Å². The molecule has 7 rings (SSSR count). The smallest absolute Gasteiger partial charge is 0.427 e. The van der Waals surface area contributed by atoms with Crippen LogP contribution in [0.5, 0.6) is 5.75 Å². The molecule has 3 aliphatic heterocycles. The summed E-state index contributed by atoms with van der Waals surface area (Å²) in [6, 6.07) is 4.87. The van der Waals surface area contributed by atoms with Crippen LogP contribution in [0.15, 0.2) is 36.4 Å². The molecule has 3 N–H and O–H groups in total. The highest BCUT2D eigenvalue weighted by molar-refractivity contribution is 7.91. The maximum atomic E-state index is 14.7. The number of nitrogens with zero attached hydrogens (tertiary/aromatic N) is 2. The Hall–Kier alpha value is -4.85. The number of amides is 4. The second-order valence-electron chi connectivity index (χ2n) is 16.6. The standard InChI is InChI=1S/C40H46F3N5O8S/c1-24-31-27(26-13-10-11-14-28(26)44-24)17-18-38(55-31)22-30-32(49)46-39(34(51)47-57(53,54)37(4)20-21-37)19-16-25(39)12-8-6-5-7-9-15-29(33(50)48(30)23-38)45-35(52)56-36(2,3)40(41,42)43/h8,10-14,25,29-30H,5-7,9,15,17-18,20-23H2,1-4H3,(H,45,52)(H,46,49)(H,47,51)/b12-8-/t25-,29+,30+,38-,39-/m1/s1. The van der Waals surface area contributed by atoms with Crippen LogP contribution in [0.2, 0.25) is 0 Å². The van der Waals surface area contributed by atoms with Gasteiger partial charge in [-0.25, -0.2) is 22.9 Å². The highest BCUT2D eigenvalue weighted by Crippen LogP contribution is 2.46. The first-order chi connectivity index (χ1) is 26.7. The molecule has 306 valence electrons. The second-order valence-corrected chi connectivity index (χ2v) is 18.8. The number of sulfonamides is 1. The van der Waals surface area contributed by atoms with Crippen LogP contribution in [0.1, 0.15) is 89.8 Å². The number of alkyl carbamates (subject to hydrolysis) is 1. The van der Waals surface area contributed by atoms with Crippen molar-refractivity contribution >= 4 is 44.7 Å². The summed E-state index contributed by atoms with van der Waals surface area (Å²) in [5, 5.41) is 5.97. The van der Waals surface area contributed by atoms with Crippen LogP contribution >= 0.6 is 0 Å². The zero-order chi connectivity index (χ0) is 41.2. The molecule has 1 aromatic heterocycles. The number of aryl methyl sites for hydroxylation is 2. The van der Waals surface area contributed by atoms with Crippen molar-refractivity contribution in [3.8, 4) is 17.6 Å². The fourth-order valence-electron chi connectivity index (χ4n) is 7.91. The SMILES string of the molecule is Cc1nc2ccccc2c2c1O[C@]1(CC2)C[C@H]2C(=O)N[C@]3(C(=O)NS(=O)(=O)C4(C)CC4)C#C[C@H]3/C=C\CCCCC[C@H](NC(=O)OC(C)(C)C(F)(F)F)C(=O)N2C1. The first kappa shape index (κ1) is 40.4. The second kappa shape index (κ2) is 14.2. The lowest BCUT2D eigenvalue weighted by Gasteiger charge is -2.38. The molecule has 4 heterocycles. The highest BCUT2D eigenvalue weighted by atomic mass is 32.2. The van der Waals surface area contributed by atoms with Gasteiger partial charge in [0.1, 0.15) is 23.4 Å². The molecule has 5 aliphatic rings. The van der Waals surface area contributed by atoms with E-state index in [0.717, 1.165) is 16.5 Å².